The smallest absolute Gasteiger partial charge is 0.0541 e. The topological polar surface area (TPSA) is 14.8 Å². The van der Waals surface area contributed by atoms with Gasteiger partial charge < -0.3 is 13.7 Å². The van der Waals surface area contributed by atoms with E-state index in [0.717, 1.165) is 5.69 Å². The number of nitrogens with zero attached hydrogens (tertiary/aromatic N) is 3. The second kappa shape index (κ2) is 14.8. The second-order valence-corrected chi connectivity index (χ2v) is 18.0. The second-order valence-electron chi connectivity index (χ2n) is 18.0. The van der Waals surface area contributed by atoms with Crippen LogP contribution >= 0.6 is 0 Å². The Balaban J connectivity index is 0.999. The summed E-state index contributed by atoms with van der Waals surface area (Å²) < 4.78 is 7.22. The summed E-state index contributed by atoms with van der Waals surface area (Å²) in [6.07, 6.45) is 0. The minimum absolute atomic E-state index is 1.15. The van der Waals surface area contributed by atoms with Crippen molar-refractivity contribution in [2.45, 2.75) is 20.8 Å². The van der Waals surface area contributed by atoms with Gasteiger partial charge in [-0.1, -0.05) is 127 Å². The van der Waals surface area contributed by atoms with Crippen molar-refractivity contribution in [2.75, 3.05) is 0 Å². The Labute approximate surface area is 383 Å². The highest BCUT2D eigenvalue weighted by molar-refractivity contribution is 6.14. The highest BCUT2D eigenvalue weighted by atomic mass is 15.0. The predicted octanol–water partition coefficient (Wildman–Crippen LogP) is 16.9. The molecular formula is C63H45N3. The Bertz CT molecular complexity index is 3810. The van der Waals surface area contributed by atoms with Gasteiger partial charge in [0.25, 0.3) is 0 Å². The van der Waals surface area contributed by atoms with Crippen molar-refractivity contribution in [2.24, 2.45) is 0 Å². The molecule has 0 atom stereocenters. The molecule has 3 heteroatoms. The monoisotopic (exact) mass is 843 g/mol. The van der Waals surface area contributed by atoms with Crippen LogP contribution in [0, 0.1) is 20.8 Å². The zero-order valence-electron chi connectivity index (χ0n) is 37.1. The van der Waals surface area contributed by atoms with Gasteiger partial charge in [-0.05, 0) is 162 Å². The van der Waals surface area contributed by atoms with Crippen molar-refractivity contribution in [1.82, 2.24) is 13.7 Å². The number of benzene rings is 10. The Morgan fingerprint density at radius 2 is 0.545 bits per heavy atom. The highest BCUT2D eigenvalue weighted by Gasteiger charge is 2.19. The quantitative estimate of drug-likeness (QED) is 0.158. The molecule has 0 aliphatic rings. The van der Waals surface area contributed by atoms with E-state index in [-0.39, 0.29) is 0 Å². The lowest BCUT2D eigenvalue weighted by Gasteiger charge is -2.14. The zero-order chi connectivity index (χ0) is 44.0. The summed E-state index contributed by atoms with van der Waals surface area (Å²) in [6.45, 7) is 6.63. The molecule has 10 aromatic carbocycles. The third kappa shape index (κ3) is 5.90. The van der Waals surface area contributed by atoms with Crippen LogP contribution in [0.15, 0.2) is 218 Å². The summed E-state index contributed by atoms with van der Waals surface area (Å²) in [5.41, 5.74) is 21.9. The van der Waals surface area contributed by atoms with Crippen LogP contribution in [0.2, 0.25) is 0 Å². The first-order valence-electron chi connectivity index (χ1n) is 22.9. The maximum atomic E-state index is 2.45. The molecule has 0 saturated heterocycles. The first kappa shape index (κ1) is 38.1. The van der Waals surface area contributed by atoms with Crippen molar-refractivity contribution in [3.05, 3.63) is 235 Å². The van der Waals surface area contributed by atoms with E-state index >= 15 is 0 Å². The number of aromatic nitrogens is 3. The van der Waals surface area contributed by atoms with Crippen LogP contribution in [0.5, 0.6) is 0 Å². The summed E-state index contributed by atoms with van der Waals surface area (Å²) in [5.74, 6) is 0. The van der Waals surface area contributed by atoms with E-state index in [1.807, 2.05) is 0 Å². The van der Waals surface area contributed by atoms with Gasteiger partial charge in [0.2, 0.25) is 0 Å². The van der Waals surface area contributed by atoms with Gasteiger partial charge in [0.05, 0.1) is 33.1 Å². The Hall–Kier alpha value is -8.40. The lowest BCUT2D eigenvalue weighted by atomic mass is 9.94. The van der Waals surface area contributed by atoms with Gasteiger partial charge in [-0.25, -0.2) is 0 Å². The number of hydrogen-bond donors (Lipinski definition) is 0. The minimum Gasteiger partial charge on any atom is -0.309 e. The summed E-state index contributed by atoms with van der Waals surface area (Å²) in [7, 11) is 0. The van der Waals surface area contributed by atoms with E-state index in [2.05, 4.69) is 253 Å². The third-order valence-electron chi connectivity index (χ3n) is 13.9. The lowest BCUT2D eigenvalue weighted by Crippen LogP contribution is -1.95. The predicted molar refractivity (Wildman–Crippen MR) is 280 cm³/mol. The van der Waals surface area contributed by atoms with Gasteiger partial charge in [0, 0.05) is 49.4 Å². The molecule has 0 N–H and O–H groups in total. The molecule has 0 aliphatic carbocycles. The molecule has 0 saturated carbocycles. The van der Waals surface area contributed by atoms with E-state index in [9.17, 15) is 0 Å². The van der Waals surface area contributed by atoms with Crippen LogP contribution in [0.25, 0.3) is 116 Å². The maximum absolute atomic E-state index is 2.45. The Kier molecular flexibility index (Phi) is 8.56. The fraction of sp³-hybridized carbons (Fsp3) is 0.0476. The van der Waals surface area contributed by atoms with Crippen LogP contribution in [0.1, 0.15) is 16.7 Å². The highest BCUT2D eigenvalue weighted by Crippen LogP contribution is 2.41. The van der Waals surface area contributed by atoms with Crippen LogP contribution < -0.4 is 0 Å². The largest absolute Gasteiger partial charge is 0.309 e. The number of hydrogen-bond acceptors (Lipinski definition) is 0. The molecule has 66 heavy (non-hydrogen) atoms. The molecule has 3 nitrogen and oxygen atoms in total. The average Bonchev–Trinajstić information content (AvgIpc) is 3.99. The molecule has 0 bridgehead atoms. The minimum atomic E-state index is 1.15. The average molecular weight is 844 g/mol. The molecule has 3 heterocycles. The molecule has 0 spiro atoms. The van der Waals surface area contributed by atoms with Gasteiger partial charge in [-0.3, -0.25) is 0 Å². The van der Waals surface area contributed by atoms with E-state index in [1.54, 1.807) is 0 Å². The van der Waals surface area contributed by atoms with Gasteiger partial charge in [-0.15, -0.1) is 0 Å². The van der Waals surface area contributed by atoms with Crippen molar-refractivity contribution in [3.8, 4) is 50.4 Å². The zero-order valence-corrected chi connectivity index (χ0v) is 37.1. The summed E-state index contributed by atoms with van der Waals surface area (Å²) >= 11 is 0. The standard InChI is InChI=1S/C63H45N3/c1-40-34-41(2)63(42(3)35-40)43-22-28-50(29-23-43)66-61-32-26-46(44-24-30-59-53(36-44)51-18-10-12-20-57(51)64(59)48-14-6-4-7-15-48)38-55(61)56-39-47(27-33-62(56)66)45-25-31-60-54(37-45)52-19-11-13-21-58(52)65(60)49-16-8-5-9-17-49/h4-39H,1-3H3. The molecule has 0 radical (unpaired) electrons. The molecule has 0 aliphatic heterocycles. The first-order chi connectivity index (χ1) is 32.5. The molecular weight excluding hydrogens is 799 g/mol. The number of fused-ring (bicyclic) bond motifs is 9. The number of para-hydroxylation sites is 4. The fourth-order valence-electron chi connectivity index (χ4n) is 11.1. The molecule has 13 aromatic rings. The van der Waals surface area contributed by atoms with E-state index in [1.165, 1.54) is 127 Å². The van der Waals surface area contributed by atoms with Gasteiger partial charge in [0.1, 0.15) is 0 Å². The Morgan fingerprint density at radius 3 is 0.939 bits per heavy atom. The van der Waals surface area contributed by atoms with Crippen molar-refractivity contribution in [3.63, 3.8) is 0 Å². The van der Waals surface area contributed by atoms with Crippen molar-refractivity contribution in [1.29, 1.82) is 0 Å². The molecule has 3 aromatic heterocycles. The summed E-state index contributed by atoms with van der Waals surface area (Å²) in [6, 6.07) is 80.7. The Morgan fingerprint density at radius 1 is 0.242 bits per heavy atom. The SMILES string of the molecule is Cc1cc(C)c(-c2ccc(-n3c4ccc(-c5ccc6c(c5)c5ccccc5n6-c5ccccc5)cc4c4cc(-c5ccc6c(c5)c5ccccc5n6-c5ccccc5)ccc43)cc2)c(C)c1. The number of rotatable bonds is 6. The van der Waals surface area contributed by atoms with Crippen LogP contribution in [-0.2, 0) is 0 Å². The van der Waals surface area contributed by atoms with Gasteiger partial charge >= 0.3 is 0 Å². The lowest BCUT2D eigenvalue weighted by molar-refractivity contribution is 1.18. The van der Waals surface area contributed by atoms with Crippen molar-refractivity contribution < 1.29 is 0 Å². The summed E-state index contributed by atoms with van der Waals surface area (Å²) in [5, 5.41) is 7.46. The van der Waals surface area contributed by atoms with Crippen molar-refractivity contribution >= 4 is 65.4 Å². The van der Waals surface area contributed by atoms with Crippen LogP contribution in [0.3, 0.4) is 0 Å². The third-order valence-corrected chi connectivity index (χ3v) is 13.9. The maximum Gasteiger partial charge on any atom is 0.0541 e. The van der Waals surface area contributed by atoms with Crippen LogP contribution in [-0.4, -0.2) is 13.7 Å². The van der Waals surface area contributed by atoms with Crippen LogP contribution in [0.4, 0.5) is 0 Å². The molecule has 0 unspecified atom stereocenters. The number of aryl methyl sites for hydroxylation is 3. The fourth-order valence-corrected chi connectivity index (χ4v) is 11.1. The summed E-state index contributed by atoms with van der Waals surface area (Å²) in [4.78, 5) is 0. The van der Waals surface area contributed by atoms with E-state index in [0.29, 0.717) is 0 Å². The molecule has 0 fully saturated rings. The van der Waals surface area contributed by atoms with Gasteiger partial charge in [-0.2, -0.15) is 0 Å². The van der Waals surface area contributed by atoms with E-state index < -0.39 is 0 Å². The first-order valence-corrected chi connectivity index (χ1v) is 22.9. The molecule has 312 valence electrons. The molecule has 0 amide bonds. The van der Waals surface area contributed by atoms with Gasteiger partial charge in [0.15, 0.2) is 0 Å². The normalized spacial score (nSPS) is 11.9. The van der Waals surface area contributed by atoms with E-state index in [4.69, 9.17) is 0 Å². The molecule has 13 rings (SSSR count).